The van der Waals surface area contributed by atoms with E-state index in [4.69, 9.17) is 24.8 Å². The van der Waals surface area contributed by atoms with Crippen molar-refractivity contribution >= 4 is 57.4 Å². The minimum atomic E-state index is -2.35. The van der Waals surface area contributed by atoms with Gasteiger partial charge in [-0.3, -0.25) is 0 Å². The quantitative estimate of drug-likeness (QED) is 0.175. The van der Waals surface area contributed by atoms with Gasteiger partial charge in [0, 0.05) is 51.4 Å². The minimum Gasteiger partial charge on any atom is -0.479 e. The molecule has 0 spiro atoms. The SMILES string of the molecule is O=C(O)C(O)C(O)C(O)C(O)COC1OC(CO)C(O)C(O)C1O.[K]. The molecule has 13 heteroatoms. The molecule has 1 rings (SSSR count). The number of hydrogen-bond donors (Lipinski definition) is 9. The maximum absolute atomic E-state index is 10.5. The summed E-state index contributed by atoms with van der Waals surface area (Å²) in [5.41, 5.74) is 0. The summed E-state index contributed by atoms with van der Waals surface area (Å²) in [6.07, 6.45) is -16.4. The normalized spacial score (nSPS) is 34.5. The van der Waals surface area contributed by atoms with Gasteiger partial charge in [-0.25, -0.2) is 4.79 Å². The van der Waals surface area contributed by atoms with Crippen LogP contribution in [0.4, 0.5) is 0 Å². The van der Waals surface area contributed by atoms with Crippen LogP contribution in [0.25, 0.3) is 0 Å². The van der Waals surface area contributed by atoms with Crippen LogP contribution in [-0.4, -0.2) is 172 Å². The molecule has 0 aromatic heterocycles. The number of carboxylic acids is 1. The van der Waals surface area contributed by atoms with Gasteiger partial charge in [-0.2, -0.15) is 0 Å². The molecule has 0 amide bonds. The van der Waals surface area contributed by atoms with Crippen molar-refractivity contribution in [3.05, 3.63) is 0 Å². The monoisotopic (exact) mass is 397 g/mol. The molecule has 0 saturated carbocycles. The van der Waals surface area contributed by atoms with Crippen LogP contribution < -0.4 is 0 Å². The molecule has 25 heavy (non-hydrogen) atoms. The average molecular weight is 397 g/mol. The fraction of sp³-hybridized carbons (Fsp3) is 0.917. The number of aliphatic carboxylic acids is 1. The largest absolute Gasteiger partial charge is 0.479 e. The third-order valence-corrected chi connectivity index (χ3v) is 3.60. The molecule has 1 aliphatic rings. The molecule has 0 aromatic carbocycles. The van der Waals surface area contributed by atoms with Crippen molar-refractivity contribution in [1.82, 2.24) is 0 Å². The predicted molar refractivity (Wildman–Crippen MR) is 77.1 cm³/mol. The van der Waals surface area contributed by atoms with E-state index < -0.39 is 74.3 Å². The van der Waals surface area contributed by atoms with Crippen LogP contribution in [0.3, 0.4) is 0 Å². The molecule has 143 valence electrons. The van der Waals surface area contributed by atoms with Crippen molar-refractivity contribution in [2.75, 3.05) is 13.2 Å². The number of carbonyl (C=O) groups is 1. The van der Waals surface area contributed by atoms with Crippen molar-refractivity contribution in [3.8, 4) is 0 Å². The van der Waals surface area contributed by atoms with Crippen molar-refractivity contribution in [1.29, 1.82) is 0 Å². The summed E-state index contributed by atoms with van der Waals surface area (Å²) in [6.45, 7) is -1.48. The summed E-state index contributed by atoms with van der Waals surface area (Å²) >= 11 is 0. The van der Waals surface area contributed by atoms with E-state index in [2.05, 4.69) is 0 Å². The zero-order valence-electron chi connectivity index (χ0n) is 13.4. The molecule has 0 aliphatic carbocycles. The third kappa shape index (κ3) is 6.67. The van der Waals surface area contributed by atoms with E-state index in [0.29, 0.717) is 0 Å². The van der Waals surface area contributed by atoms with Gasteiger partial charge in [0.1, 0.15) is 42.7 Å². The number of rotatable bonds is 8. The molecule has 9 N–H and O–H groups in total. The Morgan fingerprint density at radius 3 is 2.04 bits per heavy atom. The van der Waals surface area contributed by atoms with Crippen molar-refractivity contribution < 1.29 is 60.2 Å². The van der Waals surface area contributed by atoms with Gasteiger partial charge in [-0.05, 0) is 0 Å². The smallest absolute Gasteiger partial charge is 0.335 e. The molecular formula is C12H22KO12. The number of carboxylic acid groups (broad SMARTS) is 1. The maximum Gasteiger partial charge on any atom is 0.335 e. The van der Waals surface area contributed by atoms with Crippen LogP contribution in [-0.2, 0) is 14.3 Å². The number of hydrogen-bond acceptors (Lipinski definition) is 11. The molecule has 1 heterocycles. The van der Waals surface area contributed by atoms with Crippen molar-refractivity contribution in [3.63, 3.8) is 0 Å². The molecule has 0 bridgehead atoms. The van der Waals surface area contributed by atoms with Crippen LogP contribution in [0.2, 0.25) is 0 Å². The molecule has 12 nitrogen and oxygen atoms in total. The second-order valence-electron chi connectivity index (χ2n) is 5.36. The number of aliphatic hydroxyl groups is 8. The Morgan fingerprint density at radius 1 is 1.00 bits per heavy atom. The molecule has 0 aromatic rings. The van der Waals surface area contributed by atoms with Crippen molar-refractivity contribution in [2.45, 2.75) is 55.1 Å². The summed E-state index contributed by atoms with van der Waals surface area (Å²) in [5.74, 6) is -1.82. The Labute approximate surface area is 184 Å². The molecular weight excluding hydrogens is 375 g/mol. The van der Waals surface area contributed by atoms with Crippen LogP contribution in [0.5, 0.6) is 0 Å². The van der Waals surface area contributed by atoms with Gasteiger partial charge in [0.05, 0.1) is 13.2 Å². The molecule has 1 saturated heterocycles. The van der Waals surface area contributed by atoms with Crippen molar-refractivity contribution in [2.24, 2.45) is 0 Å². The van der Waals surface area contributed by atoms with Gasteiger partial charge in [0.2, 0.25) is 0 Å². The van der Waals surface area contributed by atoms with Gasteiger partial charge >= 0.3 is 5.97 Å². The van der Waals surface area contributed by atoms with Crippen LogP contribution in [0.1, 0.15) is 0 Å². The van der Waals surface area contributed by atoms with Gasteiger partial charge in [-0.1, -0.05) is 0 Å². The molecule has 9 unspecified atom stereocenters. The Kier molecular flexibility index (Phi) is 11.9. The van der Waals surface area contributed by atoms with E-state index in [1.165, 1.54) is 0 Å². The minimum absolute atomic E-state index is 0. The van der Waals surface area contributed by atoms with E-state index in [9.17, 15) is 35.4 Å². The number of ether oxygens (including phenoxy) is 2. The predicted octanol–water partition coefficient (Wildman–Crippen LogP) is -6.05. The van der Waals surface area contributed by atoms with Crippen LogP contribution in [0.15, 0.2) is 0 Å². The van der Waals surface area contributed by atoms with E-state index in [1.54, 1.807) is 0 Å². The Bertz CT molecular complexity index is 410. The Balaban J connectivity index is 0.00000576. The summed E-state index contributed by atoms with van der Waals surface area (Å²) < 4.78 is 9.89. The Hall–Kier alpha value is 0.706. The topological polar surface area (TPSA) is 218 Å². The van der Waals surface area contributed by atoms with Crippen LogP contribution >= 0.6 is 0 Å². The van der Waals surface area contributed by atoms with Gasteiger partial charge in [-0.15, -0.1) is 0 Å². The average Bonchev–Trinajstić information content (AvgIpc) is 2.56. The van der Waals surface area contributed by atoms with E-state index in [0.717, 1.165) is 0 Å². The molecule has 1 aliphatic heterocycles. The molecule has 1 radical (unpaired) electrons. The van der Waals surface area contributed by atoms with E-state index in [-0.39, 0.29) is 51.4 Å². The first-order valence-electron chi connectivity index (χ1n) is 6.99. The zero-order valence-corrected chi connectivity index (χ0v) is 16.5. The fourth-order valence-electron chi connectivity index (χ4n) is 2.06. The van der Waals surface area contributed by atoms with E-state index in [1.807, 2.05) is 0 Å². The molecule has 1 fully saturated rings. The van der Waals surface area contributed by atoms with Gasteiger partial charge < -0.3 is 55.4 Å². The fourth-order valence-corrected chi connectivity index (χ4v) is 2.06. The first-order valence-corrected chi connectivity index (χ1v) is 6.99. The van der Waals surface area contributed by atoms with Gasteiger partial charge in [0.25, 0.3) is 0 Å². The van der Waals surface area contributed by atoms with E-state index >= 15 is 0 Å². The maximum atomic E-state index is 10.5. The summed E-state index contributed by atoms with van der Waals surface area (Å²) in [4.78, 5) is 10.5. The van der Waals surface area contributed by atoms with Gasteiger partial charge in [0.15, 0.2) is 12.4 Å². The summed E-state index contributed by atoms with van der Waals surface area (Å²) in [5, 5.41) is 84.0. The summed E-state index contributed by atoms with van der Waals surface area (Å²) in [7, 11) is 0. The van der Waals surface area contributed by atoms with Crippen LogP contribution in [0, 0.1) is 0 Å². The second kappa shape index (κ2) is 11.5. The molecule has 9 atom stereocenters. The first-order chi connectivity index (χ1) is 11.1. The first kappa shape index (κ1) is 25.7. The number of aliphatic hydroxyl groups excluding tert-OH is 8. The summed E-state index contributed by atoms with van der Waals surface area (Å²) in [6, 6.07) is 0. The zero-order chi connectivity index (χ0) is 18.6. The second-order valence-corrected chi connectivity index (χ2v) is 5.36. The standard InChI is InChI=1S/C12H22O12.K/c13-1-4-6(16)8(18)10(20)12(24-4)23-2-3(14)5(15)7(17)9(19)11(21)22;/h3-10,12-20H,1-2H2,(H,21,22);. The Morgan fingerprint density at radius 2 is 1.56 bits per heavy atom. The third-order valence-electron chi connectivity index (χ3n) is 3.60.